The standard InChI is InChI=1S/C19H15N.C13H11N.C13H10O.C13H10S/c1-14-11-12-19-17(13-14)16-9-5-6-10-18(16)20(19)15-7-3-2-4-8-15;1-14-12-8-4-2-6-10(12)11-7-3-5-9-13(11)14;2*1-9-6-7-13-11(8-9)10-4-2-3-5-12(10)14-13/h2-13H,1H3;2-9H,1H3;2*2-8H,1H3. The predicted octanol–water partition coefficient (Wildman–Crippen LogP) is 16.7. The maximum absolute atomic E-state index is 5.71. The number of aromatic nitrogens is 2. The summed E-state index contributed by atoms with van der Waals surface area (Å²) < 4.78 is 13.1. The molecular formula is C58H46N2OS. The Labute approximate surface area is 365 Å². The van der Waals surface area contributed by atoms with Gasteiger partial charge in [-0.25, -0.2) is 0 Å². The third-order valence-corrected chi connectivity index (χ3v) is 12.9. The van der Waals surface area contributed by atoms with Gasteiger partial charge in [-0.2, -0.15) is 0 Å². The molecule has 0 aliphatic carbocycles. The SMILES string of the molecule is Cc1ccc2c(c1)c1ccccc1n2-c1ccccc1.Cc1ccc2oc3ccccc3c2c1.Cc1ccc2sc3ccccc3c2c1.Cn1c2ccccc2c2ccccc21. The summed E-state index contributed by atoms with van der Waals surface area (Å²) >= 11 is 1.87. The minimum absolute atomic E-state index is 0.966. The average molecular weight is 819 g/mol. The zero-order chi connectivity index (χ0) is 42.2. The molecule has 0 fully saturated rings. The van der Waals surface area contributed by atoms with Crippen LogP contribution in [0.5, 0.6) is 0 Å². The van der Waals surface area contributed by atoms with Crippen LogP contribution in [-0.2, 0) is 7.05 Å². The molecule has 0 N–H and O–H groups in total. The van der Waals surface area contributed by atoms with E-state index in [1.807, 2.05) is 35.6 Å². The van der Waals surface area contributed by atoms with E-state index in [4.69, 9.17) is 4.42 Å². The monoisotopic (exact) mass is 818 g/mol. The van der Waals surface area contributed by atoms with Gasteiger partial charge in [-0.15, -0.1) is 11.3 Å². The Kier molecular flexibility index (Phi) is 10.4. The Balaban J connectivity index is 0.0000000999. The lowest BCUT2D eigenvalue weighted by Crippen LogP contribution is -1.92. The van der Waals surface area contributed by atoms with Crippen LogP contribution >= 0.6 is 11.3 Å². The first-order valence-corrected chi connectivity index (χ1v) is 22.0. The zero-order valence-corrected chi connectivity index (χ0v) is 36.2. The predicted molar refractivity (Wildman–Crippen MR) is 268 cm³/mol. The third kappa shape index (κ3) is 7.29. The molecule has 0 amide bonds. The molecule has 0 radical (unpaired) electrons. The summed E-state index contributed by atoms with van der Waals surface area (Å²) in [5.74, 6) is 0. The quantitative estimate of drug-likeness (QED) is 0.162. The van der Waals surface area contributed by atoms with Crippen LogP contribution in [0.25, 0.3) is 91.4 Å². The van der Waals surface area contributed by atoms with E-state index in [0.29, 0.717) is 0 Å². The van der Waals surface area contributed by atoms with Gasteiger partial charge in [0.25, 0.3) is 0 Å². The summed E-state index contributed by atoms with van der Waals surface area (Å²) in [6.07, 6.45) is 0. The highest BCUT2D eigenvalue weighted by Gasteiger charge is 2.12. The molecular weight excluding hydrogens is 773 g/mol. The summed E-state index contributed by atoms with van der Waals surface area (Å²) in [6.45, 7) is 6.39. The lowest BCUT2D eigenvalue weighted by molar-refractivity contribution is 0.669. The molecule has 0 unspecified atom stereocenters. The second-order valence-electron chi connectivity index (χ2n) is 16.0. The van der Waals surface area contributed by atoms with Gasteiger partial charge in [0.1, 0.15) is 11.2 Å². The van der Waals surface area contributed by atoms with Crippen molar-refractivity contribution >= 4 is 97.1 Å². The molecule has 62 heavy (non-hydrogen) atoms. The molecule has 0 aliphatic rings. The van der Waals surface area contributed by atoms with Crippen molar-refractivity contribution in [3.05, 3.63) is 223 Å². The van der Waals surface area contributed by atoms with E-state index in [0.717, 1.165) is 11.2 Å². The maximum atomic E-state index is 5.71. The number of rotatable bonds is 1. The molecule has 0 spiro atoms. The molecule has 0 atom stereocenters. The fourth-order valence-corrected chi connectivity index (χ4v) is 9.83. The Bertz CT molecular complexity index is 3530. The summed E-state index contributed by atoms with van der Waals surface area (Å²) in [5.41, 5.74) is 12.2. The third-order valence-electron chi connectivity index (χ3n) is 11.7. The Morgan fingerprint density at radius 1 is 0.339 bits per heavy atom. The van der Waals surface area contributed by atoms with Gasteiger partial charge in [0, 0.05) is 76.3 Å². The van der Waals surface area contributed by atoms with Crippen molar-refractivity contribution in [3.63, 3.8) is 0 Å². The van der Waals surface area contributed by atoms with E-state index < -0.39 is 0 Å². The van der Waals surface area contributed by atoms with Crippen molar-refractivity contribution in [3.8, 4) is 5.69 Å². The average Bonchev–Trinajstić information content (AvgIpc) is 4.05. The Morgan fingerprint density at radius 3 is 1.48 bits per heavy atom. The molecule has 9 aromatic carbocycles. The van der Waals surface area contributed by atoms with E-state index in [-0.39, 0.29) is 0 Å². The van der Waals surface area contributed by atoms with Gasteiger partial charge in [-0.3, -0.25) is 0 Å². The molecule has 4 heteroatoms. The molecule has 0 saturated carbocycles. The fraction of sp³-hybridized carbons (Fsp3) is 0.0690. The van der Waals surface area contributed by atoms with Crippen LogP contribution in [0.15, 0.2) is 211 Å². The molecule has 3 nitrogen and oxygen atoms in total. The number of hydrogen-bond acceptors (Lipinski definition) is 2. The molecule has 0 saturated heterocycles. The van der Waals surface area contributed by atoms with Crippen LogP contribution in [-0.4, -0.2) is 9.13 Å². The van der Waals surface area contributed by atoms with Crippen LogP contribution < -0.4 is 0 Å². The number of aryl methyl sites for hydroxylation is 4. The number of nitrogens with zero attached hydrogens (tertiary/aromatic N) is 2. The van der Waals surface area contributed by atoms with E-state index in [1.54, 1.807) is 0 Å². The summed E-state index contributed by atoms with van der Waals surface area (Å²) in [5, 5.41) is 10.5. The van der Waals surface area contributed by atoms with Crippen molar-refractivity contribution in [2.75, 3.05) is 0 Å². The highest BCUT2D eigenvalue weighted by atomic mass is 32.1. The largest absolute Gasteiger partial charge is 0.456 e. The second-order valence-corrected chi connectivity index (χ2v) is 17.1. The van der Waals surface area contributed by atoms with E-state index in [9.17, 15) is 0 Å². The van der Waals surface area contributed by atoms with Gasteiger partial charge in [-0.1, -0.05) is 144 Å². The molecule has 300 valence electrons. The molecule has 0 aliphatic heterocycles. The number of fused-ring (bicyclic) bond motifs is 12. The smallest absolute Gasteiger partial charge is 0.135 e. The number of thiophene rings is 1. The first-order chi connectivity index (χ1) is 30.4. The molecule has 0 bridgehead atoms. The fourth-order valence-electron chi connectivity index (χ4n) is 8.74. The normalized spacial score (nSPS) is 11.2. The van der Waals surface area contributed by atoms with Crippen LogP contribution in [0.1, 0.15) is 16.7 Å². The Morgan fingerprint density at radius 2 is 0.790 bits per heavy atom. The first-order valence-electron chi connectivity index (χ1n) is 21.1. The number of furan rings is 1. The van der Waals surface area contributed by atoms with Crippen LogP contribution in [0.2, 0.25) is 0 Å². The van der Waals surface area contributed by atoms with Gasteiger partial charge < -0.3 is 13.6 Å². The van der Waals surface area contributed by atoms with Gasteiger partial charge >= 0.3 is 0 Å². The first kappa shape index (κ1) is 38.8. The second kappa shape index (κ2) is 16.6. The summed E-state index contributed by atoms with van der Waals surface area (Å²) in [7, 11) is 2.12. The minimum Gasteiger partial charge on any atom is -0.456 e. The molecule has 13 rings (SSSR count). The van der Waals surface area contributed by atoms with Gasteiger partial charge in [-0.05, 0) is 99.6 Å². The Hall–Kier alpha value is -7.40. The molecule has 13 aromatic rings. The highest BCUT2D eigenvalue weighted by Crippen LogP contribution is 2.35. The van der Waals surface area contributed by atoms with Gasteiger partial charge in [0.2, 0.25) is 0 Å². The van der Waals surface area contributed by atoms with Crippen LogP contribution in [0, 0.1) is 20.8 Å². The van der Waals surface area contributed by atoms with Crippen LogP contribution in [0.4, 0.5) is 0 Å². The summed E-state index contributed by atoms with van der Waals surface area (Å²) in [6, 6.07) is 72.6. The number of benzene rings is 9. The van der Waals surface area contributed by atoms with Crippen molar-refractivity contribution in [2.45, 2.75) is 20.8 Å². The van der Waals surface area contributed by atoms with E-state index in [1.165, 1.54) is 96.9 Å². The van der Waals surface area contributed by atoms with Crippen molar-refractivity contribution in [1.29, 1.82) is 0 Å². The van der Waals surface area contributed by atoms with Crippen LogP contribution in [0.3, 0.4) is 0 Å². The van der Waals surface area contributed by atoms with Crippen molar-refractivity contribution in [2.24, 2.45) is 7.05 Å². The summed E-state index contributed by atoms with van der Waals surface area (Å²) in [4.78, 5) is 0. The highest BCUT2D eigenvalue weighted by molar-refractivity contribution is 7.25. The topological polar surface area (TPSA) is 23.0 Å². The molecule has 4 aromatic heterocycles. The van der Waals surface area contributed by atoms with Crippen molar-refractivity contribution < 1.29 is 4.42 Å². The van der Waals surface area contributed by atoms with Gasteiger partial charge in [0.15, 0.2) is 0 Å². The maximum Gasteiger partial charge on any atom is 0.135 e. The minimum atomic E-state index is 0.966. The van der Waals surface area contributed by atoms with Crippen molar-refractivity contribution in [1.82, 2.24) is 9.13 Å². The number of hydrogen-bond donors (Lipinski definition) is 0. The lowest BCUT2D eigenvalue weighted by atomic mass is 10.1. The number of para-hydroxylation sites is 5. The van der Waals surface area contributed by atoms with E-state index in [2.05, 4.69) is 219 Å². The lowest BCUT2D eigenvalue weighted by Gasteiger charge is -2.07. The van der Waals surface area contributed by atoms with Gasteiger partial charge in [0.05, 0.1) is 11.0 Å². The zero-order valence-electron chi connectivity index (χ0n) is 35.3. The van der Waals surface area contributed by atoms with E-state index >= 15 is 0 Å². The molecule has 4 heterocycles.